The Morgan fingerprint density at radius 3 is 3.00 bits per heavy atom. The fraction of sp³-hybridized carbons (Fsp3) is 0.857. The third-order valence-electron chi connectivity index (χ3n) is 4.24. The lowest BCUT2D eigenvalue weighted by Gasteiger charge is -2.34. The summed E-state index contributed by atoms with van der Waals surface area (Å²) in [4.78, 5) is 7.06. The number of aromatic nitrogens is 2. The minimum atomic E-state index is 0.582. The Bertz CT molecular complexity index is 402. The van der Waals surface area contributed by atoms with Gasteiger partial charge in [0, 0.05) is 12.0 Å². The largest absolute Gasteiger partial charge is 0.338 e. The van der Waals surface area contributed by atoms with Gasteiger partial charge in [0.15, 0.2) is 5.82 Å². The molecule has 0 amide bonds. The van der Waals surface area contributed by atoms with Gasteiger partial charge in [-0.3, -0.25) is 4.90 Å². The predicted molar refractivity (Wildman–Crippen MR) is 72.9 cm³/mol. The molecule has 0 spiro atoms. The third-order valence-corrected chi connectivity index (χ3v) is 4.24. The Morgan fingerprint density at radius 1 is 1.32 bits per heavy atom. The normalized spacial score (nSPS) is 24.8. The van der Waals surface area contributed by atoms with Crippen molar-refractivity contribution in [1.29, 1.82) is 0 Å². The average molecular weight is 264 g/mol. The van der Waals surface area contributed by atoms with E-state index in [9.17, 15) is 0 Å². The maximum Gasteiger partial charge on any atom is 0.240 e. The molecule has 1 saturated carbocycles. The summed E-state index contributed by atoms with van der Waals surface area (Å²) in [5.74, 6) is 2.32. The maximum absolute atomic E-state index is 5.40. The molecular weight excluding hydrogens is 240 g/mol. The minimum Gasteiger partial charge on any atom is -0.338 e. The molecular formula is C14H24N4O. The van der Waals surface area contributed by atoms with Gasteiger partial charge in [-0.15, -0.1) is 0 Å². The highest BCUT2D eigenvalue weighted by molar-refractivity contribution is 5.03. The standard InChI is InChI=1S/C14H24N4O/c1-15-8-7-12-4-2-3-9-18(12)10-13-16-14(17-19-13)11-5-6-11/h11-12,15H,2-10H2,1H3. The molecule has 2 heterocycles. The Balaban J connectivity index is 1.58. The summed E-state index contributed by atoms with van der Waals surface area (Å²) in [6.07, 6.45) is 7.61. The highest BCUT2D eigenvalue weighted by Gasteiger charge is 2.30. The van der Waals surface area contributed by atoms with E-state index in [4.69, 9.17) is 4.52 Å². The van der Waals surface area contributed by atoms with Gasteiger partial charge >= 0.3 is 0 Å². The molecule has 1 N–H and O–H groups in total. The summed E-state index contributed by atoms with van der Waals surface area (Å²) in [5, 5.41) is 7.35. The molecule has 0 bridgehead atoms. The molecule has 5 heteroatoms. The van der Waals surface area contributed by atoms with Crippen LogP contribution in [0.25, 0.3) is 0 Å². The molecule has 0 radical (unpaired) electrons. The molecule has 1 saturated heterocycles. The molecule has 1 aromatic rings. The van der Waals surface area contributed by atoms with Crippen LogP contribution in [0.3, 0.4) is 0 Å². The van der Waals surface area contributed by atoms with Crippen LogP contribution in [0, 0.1) is 0 Å². The van der Waals surface area contributed by atoms with Gasteiger partial charge < -0.3 is 9.84 Å². The Labute approximate surface area is 114 Å². The third kappa shape index (κ3) is 3.34. The summed E-state index contributed by atoms with van der Waals surface area (Å²) in [6.45, 7) is 3.07. The van der Waals surface area contributed by atoms with Crippen molar-refractivity contribution in [3.05, 3.63) is 11.7 Å². The van der Waals surface area contributed by atoms with Crippen LogP contribution in [0.2, 0.25) is 0 Å². The first kappa shape index (κ1) is 13.1. The number of nitrogens with one attached hydrogen (secondary N) is 1. The fourth-order valence-electron chi connectivity index (χ4n) is 2.92. The number of hydrogen-bond donors (Lipinski definition) is 1. The summed E-state index contributed by atoms with van der Waals surface area (Å²) < 4.78 is 5.40. The molecule has 2 aliphatic rings. The van der Waals surface area contributed by atoms with Crippen LogP contribution < -0.4 is 5.32 Å². The molecule has 1 aliphatic heterocycles. The molecule has 1 aliphatic carbocycles. The van der Waals surface area contributed by atoms with Crippen molar-refractivity contribution in [1.82, 2.24) is 20.4 Å². The molecule has 1 unspecified atom stereocenters. The zero-order valence-corrected chi connectivity index (χ0v) is 11.8. The lowest BCUT2D eigenvalue weighted by Crippen LogP contribution is -2.40. The SMILES string of the molecule is CNCCC1CCCCN1Cc1nc(C2CC2)no1. The van der Waals surface area contributed by atoms with Crippen molar-refractivity contribution in [3.8, 4) is 0 Å². The van der Waals surface area contributed by atoms with E-state index in [0.717, 1.165) is 31.3 Å². The van der Waals surface area contributed by atoms with Crippen LogP contribution in [0.15, 0.2) is 4.52 Å². The van der Waals surface area contributed by atoms with Crippen molar-refractivity contribution in [3.63, 3.8) is 0 Å². The van der Waals surface area contributed by atoms with Crippen LogP contribution in [-0.4, -0.2) is 41.2 Å². The van der Waals surface area contributed by atoms with E-state index < -0.39 is 0 Å². The molecule has 1 aromatic heterocycles. The monoisotopic (exact) mass is 264 g/mol. The average Bonchev–Trinajstić information content (AvgIpc) is 3.19. The van der Waals surface area contributed by atoms with E-state index in [1.54, 1.807) is 0 Å². The van der Waals surface area contributed by atoms with Crippen LogP contribution in [0.4, 0.5) is 0 Å². The van der Waals surface area contributed by atoms with E-state index in [-0.39, 0.29) is 0 Å². The minimum absolute atomic E-state index is 0.582. The topological polar surface area (TPSA) is 54.2 Å². The Hall–Kier alpha value is -0.940. The maximum atomic E-state index is 5.40. The Morgan fingerprint density at radius 2 is 2.21 bits per heavy atom. The lowest BCUT2D eigenvalue weighted by molar-refractivity contribution is 0.117. The number of hydrogen-bond acceptors (Lipinski definition) is 5. The van der Waals surface area contributed by atoms with E-state index >= 15 is 0 Å². The van der Waals surface area contributed by atoms with Gasteiger partial charge in [0.05, 0.1) is 6.54 Å². The molecule has 3 rings (SSSR count). The van der Waals surface area contributed by atoms with Crippen LogP contribution in [0.5, 0.6) is 0 Å². The Kier molecular flexibility index (Phi) is 4.13. The summed E-state index contributed by atoms with van der Waals surface area (Å²) in [7, 11) is 2.02. The van der Waals surface area contributed by atoms with Crippen LogP contribution in [0.1, 0.15) is 56.2 Å². The zero-order chi connectivity index (χ0) is 13.1. The molecule has 0 aromatic carbocycles. The van der Waals surface area contributed by atoms with Gasteiger partial charge in [0.2, 0.25) is 5.89 Å². The van der Waals surface area contributed by atoms with Crippen molar-refractivity contribution < 1.29 is 4.52 Å². The summed E-state index contributed by atoms with van der Waals surface area (Å²) >= 11 is 0. The number of rotatable bonds is 6. The first-order valence-electron chi connectivity index (χ1n) is 7.58. The summed E-state index contributed by atoms with van der Waals surface area (Å²) in [6, 6.07) is 0.664. The number of likely N-dealkylation sites (tertiary alicyclic amines) is 1. The van der Waals surface area contributed by atoms with Crippen molar-refractivity contribution >= 4 is 0 Å². The van der Waals surface area contributed by atoms with E-state index in [0.29, 0.717) is 12.0 Å². The van der Waals surface area contributed by atoms with Gasteiger partial charge in [0.1, 0.15) is 0 Å². The number of piperidine rings is 1. The highest BCUT2D eigenvalue weighted by Crippen LogP contribution is 2.38. The molecule has 106 valence electrons. The van der Waals surface area contributed by atoms with E-state index in [1.807, 2.05) is 7.05 Å². The first-order chi connectivity index (χ1) is 9.36. The van der Waals surface area contributed by atoms with Gasteiger partial charge in [-0.2, -0.15) is 4.98 Å². The van der Waals surface area contributed by atoms with E-state index in [2.05, 4.69) is 20.4 Å². The van der Waals surface area contributed by atoms with Crippen LogP contribution >= 0.6 is 0 Å². The van der Waals surface area contributed by atoms with Crippen LogP contribution in [-0.2, 0) is 6.54 Å². The molecule has 5 nitrogen and oxygen atoms in total. The van der Waals surface area contributed by atoms with E-state index in [1.165, 1.54) is 38.5 Å². The highest BCUT2D eigenvalue weighted by atomic mass is 16.5. The first-order valence-corrected chi connectivity index (χ1v) is 7.58. The van der Waals surface area contributed by atoms with Gasteiger partial charge in [-0.05, 0) is 52.2 Å². The molecule has 2 fully saturated rings. The smallest absolute Gasteiger partial charge is 0.240 e. The predicted octanol–water partition coefficient (Wildman–Crippen LogP) is 1.91. The van der Waals surface area contributed by atoms with Crippen molar-refractivity contribution in [2.24, 2.45) is 0 Å². The second kappa shape index (κ2) is 6.01. The number of nitrogens with zero attached hydrogens (tertiary/aromatic N) is 3. The second-order valence-electron chi connectivity index (χ2n) is 5.83. The molecule has 1 atom stereocenters. The van der Waals surface area contributed by atoms with Gasteiger partial charge in [-0.1, -0.05) is 11.6 Å². The second-order valence-corrected chi connectivity index (χ2v) is 5.83. The fourth-order valence-corrected chi connectivity index (χ4v) is 2.92. The van der Waals surface area contributed by atoms with Gasteiger partial charge in [-0.25, -0.2) is 0 Å². The van der Waals surface area contributed by atoms with Gasteiger partial charge in [0.25, 0.3) is 0 Å². The lowest BCUT2D eigenvalue weighted by atomic mass is 9.99. The van der Waals surface area contributed by atoms with Crippen molar-refractivity contribution in [2.75, 3.05) is 20.1 Å². The quantitative estimate of drug-likeness (QED) is 0.850. The van der Waals surface area contributed by atoms with Crippen molar-refractivity contribution in [2.45, 2.75) is 57.0 Å². The molecule has 19 heavy (non-hydrogen) atoms. The zero-order valence-electron chi connectivity index (χ0n) is 11.8. The summed E-state index contributed by atoms with van der Waals surface area (Å²) in [5.41, 5.74) is 0.